The van der Waals surface area contributed by atoms with Crippen molar-refractivity contribution < 1.29 is 18.0 Å². The van der Waals surface area contributed by atoms with Crippen LogP contribution in [0.1, 0.15) is 22.3 Å². The maximum absolute atomic E-state index is 13.7. The molecule has 21 heavy (non-hydrogen) atoms. The Labute approximate surface area is 121 Å². The van der Waals surface area contributed by atoms with Gasteiger partial charge in [0.15, 0.2) is 11.2 Å². The number of ketones is 1. The molecule has 0 heterocycles. The summed E-state index contributed by atoms with van der Waals surface area (Å²) in [4.78, 5) is 12.6. The van der Waals surface area contributed by atoms with E-state index < -0.39 is 23.8 Å². The molecule has 0 saturated carbocycles. The molecule has 0 saturated heterocycles. The van der Waals surface area contributed by atoms with Crippen LogP contribution in [0.2, 0.25) is 0 Å². The first kappa shape index (κ1) is 15.3. The van der Waals surface area contributed by atoms with Gasteiger partial charge in [-0.15, -0.1) is 0 Å². The van der Waals surface area contributed by atoms with E-state index in [1.807, 2.05) is 0 Å². The standard InChI is InChI=1S/C17H14F3O/c1-2-16(17(18,19)20,14-11-7-4-8-12-14)15(21)13-9-5-3-6-10-13/h3-12H,1-2H2. The maximum atomic E-state index is 13.7. The first-order valence-corrected chi connectivity index (χ1v) is 6.45. The Morgan fingerprint density at radius 3 is 1.81 bits per heavy atom. The third-order valence-corrected chi connectivity index (χ3v) is 3.55. The van der Waals surface area contributed by atoms with E-state index in [0.29, 0.717) is 0 Å². The predicted molar refractivity (Wildman–Crippen MR) is 74.9 cm³/mol. The first-order chi connectivity index (χ1) is 9.93. The summed E-state index contributed by atoms with van der Waals surface area (Å²) in [6.07, 6.45) is -5.31. The zero-order valence-corrected chi connectivity index (χ0v) is 11.2. The Hall–Kier alpha value is -2.10. The van der Waals surface area contributed by atoms with Gasteiger partial charge in [0.05, 0.1) is 0 Å². The van der Waals surface area contributed by atoms with Gasteiger partial charge in [-0.1, -0.05) is 67.6 Å². The predicted octanol–water partition coefficient (Wildman–Crippen LogP) is 4.59. The van der Waals surface area contributed by atoms with Gasteiger partial charge in [-0.25, -0.2) is 0 Å². The van der Waals surface area contributed by atoms with Crippen LogP contribution < -0.4 is 0 Å². The molecule has 0 bridgehead atoms. The number of halogens is 3. The third kappa shape index (κ3) is 2.58. The maximum Gasteiger partial charge on any atom is 0.405 e. The summed E-state index contributed by atoms with van der Waals surface area (Å²) in [6, 6.07) is 14.7. The minimum absolute atomic E-state index is 0.0299. The molecule has 2 aromatic carbocycles. The van der Waals surface area contributed by atoms with Crippen molar-refractivity contribution in [3.63, 3.8) is 0 Å². The van der Waals surface area contributed by atoms with Crippen molar-refractivity contribution in [3.05, 3.63) is 78.7 Å². The minimum Gasteiger partial charge on any atom is -0.293 e. The lowest BCUT2D eigenvalue weighted by molar-refractivity contribution is -0.174. The van der Waals surface area contributed by atoms with Crippen LogP contribution in [0.3, 0.4) is 0 Å². The van der Waals surface area contributed by atoms with Crippen LogP contribution >= 0.6 is 0 Å². The monoisotopic (exact) mass is 291 g/mol. The number of alkyl halides is 3. The lowest BCUT2D eigenvalue weighted by Gasteiger charge is -2.34. The lowest BCUT2D eigenvalue weighted by atomic mass is 9.72. The van der Waals surface area contributed by atoms with Crippen molar-refractivity contribution >= 4 is 5.78 Å². The number of carbonyl (C=O) groups is 1. The van der Waals surface area contributed by atoms with Crippen molar-refractivity contribution in [1.29, 1.82) is 0 Å². The highest BCUT2D eigenvalue weighted by atomic mass is 19.4. The zero-order valence-electron chi connectivity index (χ0n) is 11.2. The van der Waals surface area contributed by atoms with Crippen LogP contribution in [0.15, 0.2) is 60.7 Å². The summed E-state index contributed by atoms with van der Waals surface area (Å²) in [6.45, 7) is 3.41. The van der Waals surface area contributed by atoms with Gasteiger partial charge in [-0.05, 0) is 12.0 Å². The molecule has 1 atom stereocenters. The largest absolute Gasteiger partial charge is 0.405 e. The number of rotatable bonds is 4. The van der Waals surface area contributed by atoms with Crippen LogP contribution in [-0.2, 0) is 5.41 Å². The second-order valence-electron chi connectivity index (χ2n) is 4.71. The molecule has 109 valence electrons. The second-order valence-corrected chi connectivity index (χ2v) is 4.71. The van der Waals surface area contributed by atoms with Crippen molar-refractivity contribution in [2.24, 2.45) is 0 Å². The molecule has 0 fully saturated rings. The van der Waals surface area contributed by atoms with Crippen LogP contribution in [0.25, 0.3) is 0 Å². The molecule has 2 rings (SSSR count). The van der Waals surface area contributed by atoms with Crippen LogP contribution in [0, 0.1) is 6.92 Å². The molecule has 0 amide bonds. The van der Waals surface area contributed by atoms with Crippen LogP contribution in [0.5, 0.6) is 0 Å². The summed E-state index contributed by atoms with van der Waals surface area (Å²) in [7, 11) is 0. The van der Waals surface area contributed by atoms with E-state index >= 15 is 0 Å². The van der Waals surface area contributed by atoms with E-state index in [4.69, 9.17) is 0 Å². The molecule has 4 heteroatoms. The molecule has 0 aromatic heterocycles. The molecule has 0 aliphatic rings. The van der Waals surface area contributed by atoms with E-state index in [-0.39, 0.29) is 11.1 Å². The zero-order chi connectivity index (χ0) is 15.5. The molecule has 0 aliphatic heterocycles. The summed E-state index contributed by atoms with van der Waals surface area (Å²) in [5.74, 6) is -0.975. The Morgan fingerprint density at radius 2 is 1.38 bits per heavy atom. The highest BCUT2D eigenvalue weighted by Crippen LogP contribution is 2.45. The molecule has 1 radical (unpaired) electrons. The summed E-state index contributed by atoms with van der Waals surface area (Å²) >= 11 is 0. The summed E-state index contributed by atoms with van der Waals surface area (Å²) < 4.78 is 41.2. The SMILES string of the molecule is [CH2]CC(C(=O)c1ccccc1)(c1ccccc1)C(F)(F)F. The normalized spacial score (nSPS) is 14.5. The van der Waals surface area contributed by atoms with E-state index in [2.05, 4.69) is 6.92 Å². The highest BCUT2D eigenvalue weighted by Gasteiger charge is 2.59. The number of benzene rings is 2. The third-order valence-electron chi connectivity index (χ3n) is 3.55. The van der Waals surface area contributed by atoms with Crippen molar-refractivity contribution in [3.8, 4) is 0 Å². The molecule has 2 aromatic rings. The molecule has 1 nitrogen and oxygen atoms in total. The van der Waals surface area contributed by atoms with E-state index in [1.54, 1.807) is 24.3 Å². The average Bonchev–Trinajstić information content (AvgIpc) is 2.49. The number of hydrogen-bond acceptors (Lipinski definition) is 1. The minimum atomic E-state index is -4.72. The van der Waals surface area contributed by atoms with E-state index in [9.17, 15) is 18.0 Å². The van der Waals surface area contributed by atoms with Gasteiger partial charge >= 0.3 is 6.18 Å². The molecule has 1 unspecified atom stereocenters. The number of Topliss-reactive ketones (excluding diaryl/α,β-unsaturated/α-hetero) is 1. The van der Waals surface area contributed by atoms with E-state index in [1.165, 1.54) is 36.4 Å². The van der Waals surface area contributed by atoms with Crippen LogP contribution in [0.4, 0.5) is 13.2 Å². The molecular weight excluding hydrogens is 277 g/mol. The van der Waals surface area contributed by atoms with Gasteiger partial charge in [0.1, 0.15) is 0 Å². The van der Waals surface area contributed by atoms with Gasteiger partial charge in [-0.2, -0.15) is 13.2 Å². The van der Waals surface area contributed by atoms with E-state index in [0.717, 1.165) is 0 Å². The van der Waals surface area contributed by atoms with Gasteiger partial charge in [0.25, 0.3) is 0 Å². The average molecular weight is 291 g/mol. The fourth-order valence-corrected chi connectivity index (χ4v) is 2.38. The van der Waals surface area contributed by atoms with Crippen molar-refractivity contribution in [2.45, 2.75) is 18.0 Å². The van der Waals surface area contributed by atoms with Gasteiger partial charge in [-0.3, -0.25) is 4.79 Å². The molecule has 0 aliphatic carbocycles. The Kier molecular flexibility index (Phi) is 4.16. The summed E-state index contributed by atoms with van der Waals surface area (Å²) in [5.41, 5.74) is -2.67. The molecule has 0 N–H and O–H groups in total. The molecular formula is C17H14F3O. The molecule has 0 spiro atoms. The second kappa shape index (κ2) is 5.72. The Balaban J connectivity index is 2.65. The summed E-state index contributed by atoms with van der Waals surface area (Å²) in [5, 5.41) is 0. The van der Waals surface area contributed by atoms with Gasteiger partial charge in [0, 0.05) is 5.56 Å². The fraction of sp³-hybridized carbons (Fsp3) is 0.176. The smallest absolute Gasteiger partial charge is 0.293 e. The Bertz CT molecular complexity index is 605. The van der Waals surface area contributed by atoms with Crippen molar-refractivity contribution in [2.75, 3.05) is 0 Å². The lowest BCUT2D eigenvalue weighted by Crippen LogP contribution is -2.48. The van der Waals surface area contributed by atoms with Crippen LogP contribution in [-0.4, -0.2) is 12.0 Å². The first-order valence-electron chi connectivity index (χ1n) is 6.45. The van der Waals surface area contributed by atoms with Gasteiger partial charge in [0.2, 0.25) is 0 Å². The quantitative estimate of drug-likeness (QED) is 0.753. The highest BCUT2D eigenvalue weighted by molar-refractivity contribution is 6.04. The number of hydrogen-bond donors (Lipinski definition) is 0. The number of carbonyl (C=O) groups excluding carboxylic acids is 1. The fourth-order valence-electron chi connectivity index (χ4n) is 2.38. The topological polar surface area (TPSA) is 17.1 Å². The van der Waals surface area contributed by atoms with Gasteiger partial charge < -0.3 is 0 Å². The van der Waals surface area contributed by atoms with Crippen molar-refractivity contribution in [1.82, 2.24) is 0 Å². The Morgan fingerprint density at radius 1 is 0.905 bits per heavy atom.